The van der Waals surface area contributed by atoms with E-state index in [0.717, 1.165) is 31.8 Å². The Hall–Kier alpha value is -1.55. The van der Waals surface area contributed by atoms with Gasteiger partial charge in [-0.2, -0.15) is 0 Å². The molecule has 1 aromatic carbocycles. The Morgan fingerprint density at radius 2 is 1.91 bits per heavy atom. The van der Waals surface area contributed by atoms with E-state index in [1.807, 2.05) is 13.0 Å². The highest BCUT2D eigenvalue weighted by Crippen LogP contribution is 2.22. The minimum Gasteiger partial charge on any atom is -0.493 e. The molecule has 1 rings (SSSR count). The number of aryl methyl sites for hydroxylation is 2. The number of carbonyl (C=O) groups is 1. The lowest BCUT2D eigenvalue weighted by Crippen LogP contribution is -2.33. The van der Waals surface area contributed by atoms with Gasteiger partial charge in [-0.25, -0.2) is 0 Å². The predicted molar refractivity (Wildman–Crippen MR) is 89.3 cm³/mol. The SMILES string of the molecule is CCN(CCCOc1c(C)cccc1C)CC(C)C(=O)OC. The number of methoxy groups -OCH3 is 1. The Morgan fingerprint density at radius 3 is 2.45 bits per heavy atom. The minimum absolute atomic E-state index is 0.0931. The summed E-state index contributed by atoms with van der Waals surface area (Å²) in [6.07, 6.45) is 0.940. The van der Waals surface area contributed by atoms with E-state index < -0.39 is 0 Å². The van der Waals surface area contributed by atoms with E-state index in [-0.39, 0.29) is 11.9 Å². The van der Waals surface area contributed by atoms with Crippen LogP contribution >= 0.6 is 0 Å². The largest absolute Gasteiger partial charge is 0.493 e. The van der Waals surface area contributed by atoms with Gasteiger partial charge in [0.15, 0.2) is 0 Å². The number of hydrogen-bond acceptors (Lipinski definition) is 4. The Balaban J connectivity index is 2.37. The summed E-state index contributed by atoms with van der Waals surface area (Å²) in [5.41, 5.74) is 2.35. The molecule has 1 unspecified atom stereocenters. The number of esters is 1. The summed E-state index contributed by atoms with van der Waals surface area (Å²) in [5, 5.41) is 0. The second-order valence-corrected chi connectivity index (χ2v) is 5.74. The first-order chi connectivity index (χ1) is 10.5. The number of nitrogens with zero attached hydrogens (tertiary/aromatic N) is 1. The van der Waals surface area contributed by atoms with Crippen molar-refractivity contribution >= 4 is 5.97 Å². The van der Waals surface area contributed by atoms with Gasteiger partial charge in [0.25, 0.3) is 0 Å². The second kappa shape index (κ2) is 9.46. The monoisotopic (exact) mass is 307 g/mol. The molecule has 22 heavy (non-hydrogen) atoms. The van der Waals surface area contributed by atoms with Crippen LogP contribution in [0.5, 0.6) is 5.75 Å². The fraction of sp³-hybridized carbons (Fsp3) is 0.611. The van der Waals surface area contributed by atoms with Crippen molar-refractivity contribution in [1.82, 2.24) is 4.90 Å². The van der Waals surface area contributed by atoms with Gasteiger partial charge >= 0.3 is 5.97 Å². The van der Waals surface area contributed by atoms with Crippen molar-refractivity contribution in [3.63, 3.8) is 0 Å². The number of para-hydroxylation sites is 1. The summed E-state index contributed by atoms with van der Waals surface area (Å²) >= 11 is 0. The predicted octanol–water partition coefficient (Wildman–Crippen LogP) is 3.20. The first kappa shape index (κ1) is 18.5. The fourth-order valence-corrected chi connectivity index (χ4v) is 2.53. The number of rotatable bonds is 9. The molecule has 0 saturated carbocycles. The van der Waals surface area contributed by atoms with E-state index in [1.54, 1.807) is 0 Å². The van der Waals surface area contributed by atoms with Crippen LogP contribution < -0.4 is 4.74 Å². The van der Waals surface area contributed by atoms with Crippen LogP contribution in [0.4, 0.5) is 0 Å². The molecule has 0 fully saturated rings. The highest BCUT2D eigenvalue weighted by molar-refractivity contribution is 5.72. The Kier molecular flexibility index (Phi) is 7.96. The van der Waals surface area contributed by atoms with Gasteiger partial charge in [-0.15, -0.1) is 0 Å². The van der Waals surface area contributed by atoms with Crippen LogP contribution in [0.2, 0.25) is 0 Å². The minimum atomic E-state index is -0.148. The van der Waals surface area contributed by atoms with E-state index in [4.69, 9.17) is 9.47 Å². The van der Waals surface area contributed by atoms with Crippen molar-refractivity contribution in [2.75, 3.05) is 33.4 Å². The number of carbonyl (C=O) groups excluding carboxylic acids is 1. The maximum atomic E-state index is 11.5. The number of benzene rings is 1. The lowest BCUT2D eigenvalue weighted by Gasteiger charge is -2.23. The lowest BCUT2D eigenvalue weighted by atomic mass is 10.1. The van der Waals surface area contributed by atoms with Gasteiger partial charge < -0.3 is 14.4 Å². The van der Waals surface area contributed by atoms with Crippen molar-refractivity contribution in [3.05, 3.63) is 29.3 Å². The summed E-state index contributed by atoms with van der Waals surface area (Å²) in [6, 6.07) is 6.18. The van der Waals surface area contributed by atoms with Crippen LogP contribution in [0.3, 0.4) is 0 Å². The summed E-state index contributed by atoms with van der Waals surface area (Å²) in [4.78, 5) is 13.7. The fourth-order valence-electron chi connectivity index (χ4n) is 2.53. The van der Waals surface area contributed by atoms with Gasteiger partial charge in [0.05, 0.1) is 19.6 Å². The van der Waals surface area contributed by atoms with Crippen LogP contribution in [0, 0.1) is 19.8 Å². The molecule has 0 saturated heterocycles. The van der Waals surface area contributed by atoms with Crippen molar-refractivity contribution in [1.29, 1.82) is 0 Å². The first-order valence-electron chi connectivity index (χ1n) is 7.98. The molecule has 0 aliphatic carbocycles. The molecule has 4 nitrogen and oxygen atoms in total. The molecule has 0 bridgehead atoms. The topological polar surface area (TPSA) is 38.8 Å². The normalized spacial score (nSPS) is 12.3. The maximum Gasteiger partial charge on any atom is 0.309 e. The third-order valence-corrected chi connectivity index (χ3v) is 3.86. The Labute approximate surface area is 134 Å². The molecule has 0 heterocycles. The third kappa shape index (κ3) is 5.68. The van der Waals surface area contributed by atoms with E-state index >= 15 is 0 Å². The summed E-state index contributed by atoms with van der Waals surface area (Å²) in [7, 11) is 1.44. The quantitative estimate of drug-likeness (QED) is 0.519. The number of hydrogen-bond donors (Lipinski definition) is 0. The van der Waals surface area contributed by atoms with Gasteiger partial charge in [-0.05, 0) is 37.9 Å². The molecule has 0 spiro atoms. The van der Waals surface area contributed by atoms with E-state index in [2.05, 4.69) is 37.8 Å². The molecule has 4 heteroatoms. The van der Waals surface area contributed by atoms with Crippen LogP contribution in [0.15, 0.2) is 18.2 Å². The van der Waals surface area contributed by atoms with E-state index in [9.17, 15) is 4.79 Å². The molecule has 0 aliphatic heterocycles. The molecule has 1 aromatic rings. The summed E-state index contributed by atoms with van der Waals surface area (Å²) < 4.78 is 10.7. The smallest absolute Gasteiger partial charge is 0.309 e. The molecule has 124 valence electrons. The zero-order valence-corrected chi connectivity index (χ0v) is 14.5. The Bertz CT molecular complexity index is 453. The van der Waals surface area contributed by atoms with E-state index in [1.165, 1.54) is 18.2 Å². The van der Waals surface area contributed by atoms with Crippen molar-refractivity contribution in [2.24, 2.45) is 5.92 Å². The summed E-state index contributed by atoms with van der Waals surface area (Å²) in [5.74, 6) is 0.753. The molecule has 0 amide bonds. The summed E-state index contributed by atoms with van der Waals surface area (Å²) in [6.45, 7) is 11.4. The lowest BCUT2D eigenvalue weighted by molar-refractivity contribution is -0.145. The molecule has 1 atom stereocenters. The molecule has 0 aromatic heterocycles. The molecule has 0 aliphatic rings. The van der Waals surface area contributed by atoms with Crippen molar-refractivity contribution in [2.45, 2.75) is 34.1 Å². The molecular weight excluding hydrogens is 278 g/mol. The zero-order chi connectivity index (χ0) is 16.5. The van der Waals surface area contributed by atoms with Gasteiger partial charge in [0.2, 0.25) is 0 Å². The van der Waals surface area contributed by atoms with Crippen LogP contribution in [-0.2, 0) is 9.53 Å². The number of ether oxygens (including phenoxy) is 2. The standard InChI is InChI=1S/C18H29NO3/c1-6-19(13-16(4)18(20)21-5)11-8-12-22-17-14(2)9-7-10-15(17)3/h7,9-10,16H,6,8,11-13H2,1-5H3. The first-order valence-corrected chi connectivity index (χ1v) is 7.98. The average molecular weight is 307 g/mol. The van der Waals surface area contributed by atoms with Crippen LogP contribution in [0.25, 0.3) is 0 Å². The van der Waals surface area contributed by atoms with Crippen molar-refractivity contribution in [3.8, 4) is 5.75 Å². The van der Waals surface area contributed by atoms with E-state index in [0.29, 0.717) is 6.61 Å². The van der Waals surface area contributed by atoms with Crippen molar-refractivity contribution < 1.29 is 14.3 Å². The Morgan fingerprint density at radius 1 is 1.27 bits per heavy atom. The third-order valence-electron chi connectivity index (χ3n) is 3.86. The molecule has 0 radical (unpaired) electrons. The highest BCUT2D eigenvalue weighted by atomic mass is 16.5. The second-order valence-electron chi connectivity index (χ2n) is 5.74. The van der Waals surface area contributed by atoms with Gasteiger partial charge in [-0.1, -0.05) is 32.0 Å². The van der Waals surface area contributed by atoms with Gasteiger partial charge in [-0.3, -0.25) is 4.79 Å². The van der Waals surface area contributed by atoms with Crippen LogP contribution in [-0.4, -0.2) is 44.2 Å². The maximum absolute atomic E-state index is 11.5. The molecule has 0 N–H and O–H groups in total. The molecular formula is C18H29NO3. The van der Waals surface area contributed by atoms with Gasteiger partial charge in [0, 0.05) is 13.1 Å². The van der Waals surface area contributed by atoms with Crippen LogP contribution in [0.1, 0.15) is 31.4 Å². The van der Waals surface area contributed by atoms with Gasteiger partial charge in [0.1, 0.15) is 5.75 Å². The average Bonchev–Trinajstić information content (AvgIpc) is 2.51. The highest BCUT2D eigenvalue weighted by Gasteiger charge is 2.16. The zero-order valence-electron chi connectivity index (χ0n) is 14.5.